The number of aromatic nitrogens is 3. The van der Waals surface area contributed by atoms with Crippen LogP contribution in [0.15, 0.2) is 0 Å². The van der Waals surface area contributed by atoms with Crippen LogP contribution >= 0.6 is 11.6 Å². The molecular weight excluding hydrogens is 264 g/mol. The summed E-state index contributed by atoms with van der Waals surface area (Å²) in [7, 11) is 0. The van der Waals surface area contributed by atoms with E-state index in [2.05, 4.69) is 20.3 Å². The van der Waals surface area contributed by atoms with Crippen LogP contribution in [0.5, 0.6) is 6.01 Å². The zero-order valence-corrected chi connectivity index (χ0v) is 12.3. The Bertz CT molecular complexity index is 408. The van der Waals surface area contributed by atoms with Crippen LogP contribution in [-0.2, 0) is 0 Å². The van der Waals surface area contributed by atoms with Gasteiger partial charge in [0.05, 0.1) is 6.10 Å². The monoisotopic (exact) mass is 284 g/mol. The van der Waals surface area contributed by atoms with E-state index in [9.17, 15) is 0 Å². The van der Waals surface area contributed by atoms with Crippen molar-refractivity contribution >= 4 is 17.5 Å². The van der Waals surface area contributed by atoms with Crippen molar-refractivity contribution in [1.82, 2.24) is 15.0 Å². The molecule has 106 valence electrons. The van der Waals surface area contributed by atoms with Crippen LogP contribution in [-0.4, -0.2) is 27.6 Å². The fourth-order valence-electron chi connectivity index (χ4n) is 2.30. The lowest BCUT2D eigenvalue weighted by Gasteiger charge is -2.21. The minimum absolute atomic E-state index is 0.0182. The van der Waals surface area contributed by atoms with E-state index in [4.69, 9.17) is 16.3 Å². The molecule has 6 heteroatoms. The molecule has 0 spiro atoms. The molecule has 0 unspecified atom stereocenters. The molecular formula is C13H21ClN4O. The minimum atomic E-state index is 0.0182. The Morgan fingerprint density at radius 1 is 1.21 bits per heavy atom. The molecule has 1 saturated carbocycles. The Morgan fingerprint density at radius 2 is 1.95 bits per heavy atom. The Labute approximate surface area is 119 Å². The number of halogens is 1. The van der Waals surface area contributed by atoms with Gasteiger partial charge in [-0.25, -0.2) is 0 Å². The maximum Gasteiger partial charge on any atom is 0.322 e. The normalized spacial score (nSPS) is 16.6. The Hall–Kier alpha value is -1.10. The molecule has 0 amide bonds. The summed E-state index contributed by atoms with van der Waals surface area (Å²) in [5, 5.41) is 3.41. The van der Waals surface area contributed by atoms with E-state index >= 15 is 0 Å². The lowest BCUT2D eigenvalue weighted by atomic mass is 9.89. The lowest BCUT2D eigenvalue weighted by molar-refractivity contribution is 0.222. The largest absolute Gasteiger partial charge is 0.461 e. The molecule has 0 radical (unpaired) electrons. The molecule has 1 heterocycles. The van der Waals surface area contributed by atoms with Gasteiger partial charge < -0.3 is 10.1 Å². The van der Waals surface area contributed by atoms with Crippen molar-refractivity contribution in [2.24, 2.45) is 5.92 Å². The second kappa shape index (κ2) is 6.89. The highest BCUT2D eigenvalue weighted by Crippen LogP contribution is 2.23. The molecule has 0 saturated heterocycles. The van der Waals surface area contributed by atoms with Crippen molar-refractivity contribution in [1.29, 1.82) is 0 Å². The van der Waals surface area contributed by atoms with Gasteiger partial charge in [0.1, 0.15) is 0 Å². The van der Waals surface area contributed by atoms with Crippen molar-refractivity contribution in [3.05, 3.63) is 5.28 Å². The Balaban J connectivity index is 1.93. The molecule has 0 aromatic carbocycles. The number of ether oxygens (including phenoxy) is 1. The van der Waals surface area contributed by atoms with Gasteiger partial charge in [0, 0.05) is 6.54 Å². The first-order chi connectivity index (χ1) is 9.13. The summed E-state index contributed by atoms with van der Waals surface area (Å²) < 4.78 is 5.44. The van der Waals surface area contributed by atoms with Crippen LogP contribution in [0.3, 0.4) is 0 Å². The quantitative estimate of drug-likeness (QED) is 0.899. The number of nitrogens with zero attached hydrogens (tertiary/aromatic N) is 3. The summed E-state index contributed by atoms with van der Waals surface area (Å²) in [5.41, 5.74) is 0. The molecule has 1 N–H and O–H groups in total. The van der Waals surface area contributed by atoms with Crippen molar-refractivity contribution in [3.63, 3.8) is 0 Å². The number of hydrogen-bond acceptors (Lipinski definition) is 5. The van der Waals surface area contributed by atoms with E-state index in [1.165, 1.54) is 32.1 Å². The molecule has 0 bridgehead atoms. The van der Waals surface area contributed by atoms with Gasteiger partial charge in [0.15, 0.2) is 0 Å². The SMILES string of the molecule is CC(C)Oc1nc(Cl)nc(NCC2CCCCC2)n1. The highest BCUT2D eigenvalue weighted by Gasteiger charge is 2.14. The van der Waals surface area contributed by atoms with Crippen molar-refractivity contribution < 1.29 is 4.74 Å². The van der Waals surface area contributed by atoms with E-state index in [1.54, 1.807) is 0 Å². The van der Waals surface area contributed by atoms with Crippen LogP contribution in [0.2, 0.25) is 5.28 Å². The molecule has 1 aliphatic carbocycles. The topological polar surface area (TPSA) is 59.9 Å². The first kappa shape index (κ1) is 14.3. The molecule has 1 aliphatic rings. The second-order valence-electron chi connectivity index (χ2n) is 5.26. The van der Waals surface area contributed by atoms with Crippen molar-refractivity contribution in [3.8, 4) is 6.01 Å². The maximum atomic E-state index is 5.87. The summed E-state index contributed by atoms with van der Waals surface area (Å²) >= 11 is 5.87. The third kappa shape index (κ3) is 4.82. The zero-order valence-electron chi connectivity index (χ0n) is 11.5. The fourth-order valence-corrected chi connectivity index (χ4v) is 2.45. The first-order valence-corrected chi connectivity index (χ1v) is 7.33. The van der Waals surface area contributed by atoms with E-state index < -0.39 is 0 Å². The van der Waals surface area contributed by atoms with Gasteiger partial charge >= 0.3 is 6.01 Å². The Morgan fingerprint density at radius 3 is 2.63 bits per heavy atom. The van der Waals surface area contributed by atoms with E-state index in [0.29, 0.717) is 11.9 Å². The second-order valence-corrected chi connectivity index (χ2v) is 5.60. The van der Waals surface area contributed by atoms with Crippen LogP contribution < -0.4 is 10.1 Å². The third-order valence-electron chi connectivity index (χ3n) is 3.20. The van der Waals surface area contributed by atoms with Crippen LogP contribution in [0.4, 0.5) is 5.95 Å². The predicted molar refractivity (Wildman–Crippen MR) is 75.7 cm³/mol. The van der Waals surface area contributed by atoms with Crippen LogP contribution in [0.1, 0.15) is 46.0 Å². The van der Waals surface area contributed by atoms with Gasteiger partial charge in [-0.15, -0.1) is 0 Å². The van der Waals surface area contributed by atoms with Crippen LogP contribution in [0.25, 0.3) is 0 Å². The predicted octanol–water partition coefficient (Wildman–Crippen LogP) is 3.30. The molecule has 1 aromatic heterocycles. The van der Waals surface area contributed by atoms with Crippen molar-refractivity contribution in [2.75, 3.05) is 11.9 Å². The zero-order chi connectivity index (χ0) is 13.7. The molecule has 0 atom stereocenters. The van der Waals surface area contributed by atoms with Crippen LogP contribution in [0, 0.1) is 5.92 Å². The summed E-state index contributed by atoms with van der Waals surface area (Å²) in [6.07, 6.45) is 6.59. The molecule has 1 fully saturated rings. The highest BCUT2D eigenvalue weighted by atomic mass is 35.5. The summed E-state index contributed by atoms with van der Waals surface area (Å²) in [5.74, 6) is 1.21. The minimum Gasteiger partial charge on any atom is -0.461 e. The van der Waals surface area contributed by atoms with E-state index in [1.807, 2.05) is 13.8 Å². The number of rotatable bonds is 5. The summed E-state index contributed by atoms with van der Waals surface area (Å²) in [6.45, 7) is 4.74. The van der Waals surface area contributed by atoms with Gasteiger partial charge in [0.2, 0.25) is 11.2 Å². The number of anilines is 1. The number of hydrogen-bond donors (Lipinski definition) is 1. The molecule has 19 heavy (non-hydrogen) atoms. The van der Waals surface area contributed by atoms with Gasteiger partial charge in [-0.1, -0.05) is 19.3 Å². The number of nitrogens with one attached hydrogen (secondary N) is 1. The van der Waals surface area contributed by atoms with Gasteiger partial charge in [0.25, 0.3) is 0 Å². The van der Waals surface area contributed by atoms with Gasteiger partial charge in [-0.2, -0.15) is 15.0 Å². The third-order valence-corrected chi connectivity index (χ3v) is 3.37. The smallest absolute Gasteiger partial charge is 0.322 e. The van der Waals surface area contributed by atoms with E-state index in [-0.39, 0.29) is 17.4 Å². The molecule has 5 nitrogen and oxygen atoms in total. The van der Waals surface area contributed by atoms with Gasteiger partial charge in [-0.05, 0) is 44.2 Å². The lowest BCUT2D eigenvalue weighted by Crippen LogP contribution is -2.19. The van der Waals surface area contributed by atoms with E-state index in [0.717, 1.165) is 6.54 Å². The van der Waals surface area contributed by atoms with Crippen molar-refractivity contribution in [2.45, 2.75) is 52.1 Å². The average Bonchev–Trinajstić information content (AvgIpc) is 2.36. The fraction of sp³-hybridized carbons (Fsp3) is 0.769. The Kier molecular flexibility index (Phi) is 5.19. The molecule has 2 rings (SSSR count). The highest BCUT2D eigenvalue weighted by molar-refractivity contribution is 6.28. The van der Waals surface area contributed by atoms with Gasteiger partial charge in [-0.3, -0.25) is 0 Å². The summed E-state index contributed by atoms with van der Waals surface area (Å²) in [4.78, 5) is 12.2. The maximum absolute atomic E-state index is 5.87. The molecule has 1 aromatic rings. The summed E-state index contributed by atoms with van der Waals surface area (Å²) in [6, 6.07) is 0.279. The standard InChI is InChI=1S/C13H21ClN4O/c1-9(2)19-13-17-11(14)16-12(18-13)15-8-10-6-4-3-5-7-10/h9-10H,3-8H2,1-2H3,(H,15,16,17,18). The average molecular weight is 285 g/mol. The molecule has 0 aliphatic heterocycles. The first-order valence-electron chi connectivity index (χ1n) is 6.95.